The number of hydrogen-bond acceptors (Lipinski definition) is 5. The molecular weight excluding hydrogens is 369 g/mol. The van der Waals surface area contributed by atoms with Gasteiger partial charge in [0.1, 0.15) is 24.8 Å². The van der Waals surface area contributed by atoms with Gasteiger partial charge >= 0.3 is 0 Å². The Balaban J connectivity index is 2.05. The predicted octanol–water partition coefficient (Wildman–Crippen LogP) is 3.36. The molecule has 6 nitrogen and oxygen atoms in total. The zero-order chi connectivity index (χ0) is 19.4. The van der Waals surface area contributed by atoms with E-state index in [0.29, 0.717) is 33.2 Å². The van der Waals surface area contributed by atoms with Crippen LogP contribution in [0, 0.1) is 0 Å². The summed E-state index contributed by atoms with van der Waals surface area (Å²) in [5, 5.41) is 3.53. The first-order valence-electron chi connectivity index (χ1n) is 8.99. The van der Waals surface area contributed by atoms with Gasteiger partial charge < -0.3 is 10.1 Å². The van der Waals surface area contributed by atoms with E-state index in [9.17, 15) is 14.0 Å². The largest absolute Gasteiger partial charge is 0.491 e. The van der Waals surface area contributed by atoms with Crippen molar-refractivity contribution in [2.24, 2.45) is 0 Å². The summed E-state index contributed by atoms with van der Waals surface area (Å²) < 4.78 is 19.1. The van der Waals surface area contributed by atoms with Gasteiger partial charge in [0, 0.05) is 5.25 Å². The quantitative estimate of drug-likeness (QED) is 0.552. The number of anilines is 1. The topological polar surface area (TPSA) is 73.2 Å². The lowest BCUT2D eigenvalue weighted by Gasteiger charge is -2.17. The number of nitrogens with zero attached hydrogens (tertiary/aromatic N) is 2. The van der Waals surface area contributed by atoms with Crippen LogP contribution in [0.4, 0.5) is 10.2 Å². The van der Waals surface area contributed by atoms with Crippen molar-refractivity contribution >= 4 is 23.5 Å². The smallest absolute Gasteiger partial charge is 0.264 e. The second-order valence-corrected chi connectivity index (χ2v) is 7.44. The second-order valence-electron chi connectivity index (χ2n) is 6.17. The van der Waals surface area contributed by atoms with Gasteiger partial charge in [0.2, 0.25) is 5.91 Å². The Morgan fingerprint density at radius 3 is 2.59 bits per heavy atom. The van der Waals surface area contributed by atoms with Crippen molar-refractivity contribution in [2.45, 2.75) is 43.5 Å². The monoisotopic (exact) mass is 391 g/mol. The van der Waals surface area contributed by atoms with Crippen molar-refractivity contribution in [3.05, 3.63) is 40.2 Å². The molecule has 0 atom stereocenters. The van der Waals surface area contributed by atoms with Crippen molar-refractivity contribution in [3.8, 4) is 11.4 Å². The van der Waals surface area contributed by atoms with Crippen LogP contribution < -0.4 is 15.6 Å². The molecule has 0 saturated carbocycles. The van der Waals surface area contributed by atoms with Gasteiger partial charge in [-0.15, -0.1) is 0 Å². The molecule has 1 aliphatic rings. The number of aromatic nitrogens is 2. The highest BCUT2D eigenvalue weighted by Gasteiger charge is 2.27. The average Bonchev–Trinajstić information content (AvgIpc) is 3.06. The number of carbonyl (C=O) groups excluding carboxylic acids is 1. The molecule has 1 aromatic heterocycles. The lowest BCUT2D eigenvalue weighted by Crippen LogP contribution is -2.25. The molecule has 2 heterocycles. The van der Waals surface area contributed by atoms with E-state index in [1.807, 2.05) is 0 Å². The number of ether oxygens (including phenoxy) is 1. The predicted molar refractivity (Wildman–Crippen MR) is 104 cm³/mol. The SMILES string of the molecule is CCC(CC)Sc1nc2c(c(=O)n1-c1ccc(OCCF)cc1)CC(=O)N2. The van der Waals surface area contributed by atoms with E-state index in [0.717, 1.165) is 12.8 Å². The third-order valence-corrected chi connectivity index (χ3v) is 5.85. The van der Waals surface area contributed by atoms with Gasteiger partial charge in [-0.05, 0) is 37.1 Å². The van der Waals surface area contributed by atoms with Crippen molar-refractivity contribution in [1.29, 1.82) is 0 Å². The molecule has 1 amide bonds. The van der Waals surface area contributed by atoms with Crippen molar-refractivity contribution in [2.75, 3.05) is 18.6 Å². The highest BCUT2D eigenvalue weighted by atomic mass is 32.2. The molecule has 0 unspecified atom stereocenters. The molecule has 0 aliphatic carbocycles. The summed E-state index contributed by atoms with van der Waals surface area (Å²) in [6.45, 7) is 3.61. The number of rotatable bonds is 8. The van der Waals surface area contributed by atoms with Crippen LogP contribution in [-0.2, 0) is 11.2 Å². The molecule has 1 aliphatic heterocycles. The van der Waals surface area contributed by atoms with E-state index < -0.39 is 6.67 Å². The molecule has 0 saturated heterocycles. The molecule has 1 N–H and O–H groups in total. The normalized spacial score (nSPS) is 13.0. The zero-order valence-corrected chi connectivity index (χ0v) is 16.1. The standard InChI is InChI=1S/C19H22FN3O3S/c1-3-14(4-2)27-19-22-17-15(11-16(24)21-17)18(25)23(19)12-5-7-13(8-6-12)26-10-9-20/h5-8,14H,3-4,9-11H2,1-2H3,(H,21,24). The number of hydrogen-bond donors (Lipinski definition) is 1. The van der Waals surface area contributed by atoms with Gasteiger partial charge in [0.05, 0.1) is 17.7 Å². The first-order chi connectivity index (χ1) is 13.1. The maximum absolute atomic E-state index is 13.1. The number of carbonyl (C=O) groups is 1. The number of benzene rings is 1. The Morgan fingerprint density at radius 2 is 1.96 bits per heavy atom. The summed E-state index contributed by atoms with van der Waals surface area (Å²) in [6.07, 6.45) is 1.92. The minimum atomic E-state index is -0.562. The van der Waals surface area contributed by atoms with E-state index >= 15 is 0 Å². The number of thioether (sulfide) groups is 1. The summed E-state index contributed by atoms with van der Waals surface area (Å²) in [5.74, 6) is 0.669. The number of amides is 1. The van der Waals surface area contributed by atoms with E-state index in [1.54, 1.807) is 28.8 Å². The van der Waals surface area contributed by atoms with Gasteiger partial charge in [0.15, 0.2) is 5.16 Å². The summed E-state index contributed by atoms with van der Waals surface area (Å²) in [5.41, 5.74) is 0.770. The van der Waals surface area contributed by atoms with E-state index in [-0.39, 0.29) is 24.5 Å². The van der Waals surface area contributed by atoms with Gasteiger partial charge in [-0.2, -0.15) is 0 Å². The maximum atomic E-state index is 13.1. The van der Waals surface area contributed by atoms with Crippen molar-refractivity contribution < 1.29 is 13.9 Å². The molecule has 8 heteroatoms. The fourth-order valence-electron chi connectivity index (χ4n) is 2.89. The van der Waals surface area contributed by atoms with E-state index in [4.69, 9.17) is 4.74 Å². The Labute approximate surface area is 161 Å². The molecule has 0 fully saturated rings. The Bertz CT molecular complexity index is 879. The molecule has 144 valence electrons. The number of halogens is 1. The first kappa shape index (κ1) is 19.4. The van der Waals surface area contributed by atoms with Gasteiger partial charge in [-0.1, -0.05) is 25.6 Å². The van der Waals surface area contributed by atoms with Crippen molar-refractivity contribution in [3.63, 3.8) is 0 Å². The fraction of sp³-hybridized carbons (Fsp3) is 0.421. The molecule has 3 rings (SSSR count). The Morgan fingerprint density at radius 1 is 1.26 bits per heavy atom. The minimum absolute atomic E-state index is 0.0107. The third kappa shape index (κ3) is 4.16. The molecular formula is C19H22FN3O3S. The molecule has 0 bridgehead atoms. The lowest BCUT2D eigenvalue weighted by molar-refractivity contribution is -0.115. The fourth-order valence-corrected chi connectivity index (χ4v) is 3.96. The Kier molecular flexibility index (Phi) is 6.15. The van der Waals surface area contributed by atoms with Crippen molar-refractivity contribution in [1.82, 2.24) is 9.55 Å². The van der Waals surface area contributed by atoms with Crippen LogP contribution in [0.1, 0.15) is 32.3 Å². The summed E-state index contributed by atoms with van der Waals surface area (Å²) >= 11 is 1.53. The first-order valence-corrected chi connectivity index (χ1v) is 9.87. The number of fused-ring (bicyclic) bond motifs is 1. The average molecular weight is 391 g/mol. The number of alkyl halides is 1. The van der Waals surface area contributed by atoms with Crippen LogP contribution in [0.25, 0.3) is 5.69 Å². The van der Waals surface area contributed by atoms with Gasteiger partial charge in [-0.3, -0.25) is 14.2 Å². The lowest BCUT2D eigenvalue weighted by atomic mass is 10.2. The summed E-state index contributed by atoms with van der Waals surface area (Å²) in [7, 11) is 0. The Hall–Kier alpha value is -2.35. The minimum Gasteiger partial charge on any atom is -0.491 e. The van der Waals surface area contributed by atoms with Crippen LogP contribution in [0.3, 0.4) is 0 Å². The van der Waals surface area contributed by atoms with E-state index in [2.05, 4.69) is 24.1 Å². The molecule has 0 radical (unpaired) electrons. The summed E-state index contributed by atoms with van der Waals surface area (Å²) in [6, 6.07) is 6.87. The molecule has 2 aromatic rings. The number of nitrogens with one attached hydrogen (secondary N) is 1. The maximum Gasteiger partial charge on any atom is 0.264 e. The van der Waals surface area contributed by atoms with Gasteiger partial charge in [-0.25, -0.2) is 9.37 Å². The van der Waals surface area contributed by atoms with Crippen LogP contribution in [-0.4, -0.2) is 34.0 Å². The highest BCUT2D eigenvalue weighted by molar-refractivity contribution is 7.99. The van der Waals surface area contributed by atoms with Crippen LogP contribution in [0.5, 0.6) is 5.75 Å². The zero-order valence-electron chi connectivity index (χ0n) is 15.3. The molecule has 1 aromatic carbocycles. The summed E-state index contributed by atoms with van der Waals surface area (Å²) in [4.78, 5) is 29.4. The third-order valence-electron chi connectivity index (χ3n) is 4.36. The molecule has 27 heavy (non-hydrogen) atoms. The van der Waals surface area contributed by atoms with Gasteiger partial charge in [0.25, 0.3) is 5.56 Å². The van der Waals surface area contributed by atoms with Crippen LogP contribution in [0.15, 0.2) is 34.2 Å². The highest BCUT2D eigenvalue weighted by Crippen LogP contribution is 2.30. The van der Waals surface area contributed by atoms with E-state index in [1.165, 1.54) is 11.8 Å². The van der Waals surface area contributed by atoms with Crippen LogP contribution in [0.2, 0.25) is 0 Å². The second kappa shape index (κ2) is 8.56. The van der Waals surface area contributed by atoms with Crippen LogP contribution >= 0.6 is 11.8 Å². The molecule has 0 spiro atoms.